The molecule has 2 aromatic carbocycles. The molecule has 6 nitrogen and oxygen atoms in total. The number of ether oxygens (including phenoxy) is 2. The minimum Gasteiger partial charge on any atom is -0.478 e. The second kappa shape index (κ2) is 9.67. The smallest absolute Gasteiger partial charge is 0.345 e. The highest BCUT2D eigenvalue weighted by molar-refractivity contribution is 5.99. The summed E-state index contributed by atoms with van der Waals surface area (Å²) in [6, 6.07) is 16.0. The van der Waals surface area contributed by atoms with Crippen LogP contribution >= 0.6 is 0 Å². The molecule has 0 spiro atoms. The molecular formula is C23H27NO5. The average Bonchev–Trinajstić information content (AvgIpc) is 3.57. The molecule has 1 aliphatic rings. The number of rotatable bonds is 11. The predicted octanol–water partition coefficient (Wildman–Crippen LogP) is 3.46. The summed E-state index contributed by atoms with van der Waals surface area (Å²) in [6.07, 6.45) is 0.834. The Morgan fingerprint density at radius 3 is 2.31 bits per heavy atom. The largest absolute Gasteiger partial charge is 0.478 e. The molecule has 0 amide bonds. The summed E-state index contributed by atoms with van der Waals surface area (Å²) in [4.78, 5) is 23.7. The van der Waals surface area contributed by atoms with Gasteiger partial charge in [-0.05, 0) is 42.7 Å². The van der Waals surface area contributed by atoms with E-state index in [2.05, 4.69) is 0 Å². The van der Waals surface area contributed by atoms with Crippen LogP contribution in [0.5, 0.6) is 5.75 Å². The Morgan fingerprint density at radius 2 is 1.72 bits per heavy atom. The molecule has 2 aromatic rings. The van der Waals surface area contributed by atoms with Gasteiger partial charge in [-0.3, -0.25) is 4.79 Å². The highest BCUT2D eigenvalue weighted by atomic mass is 16.5. The molecule has 6 heteroatoms. The van der Waals surface area contributed by atoms with Crippen LogP contribution in [0.3, 0.4) is 0 Å². The van der Waals surface area contributed by atoms with Crippen LogP contribution in [0.25, 0.3) is 0 Å². The summed E-state index contributed by atoms with van der Waals surface area (Å²) in [6.45, 7) is 2.26. The first kappa shape index (κ1) is 21.0. The molecule has 0 aromatic heterocycles. The Morgan fingerprint density at radius 1 is 1.07 bits per heavy atom. The fourth-order valence-corrected chi connectivity index (χ4v) is 3.10. The highest BCUT2D eigenvalue weighted by Crippen LogP contribution is 2.33. The van der Waals surface area contributed by atoms with Crippen molar-refractivity contribution in [3.8, 4) is 5.75 Å². The minimum absolute atomic E-state index is 0.142. The van der Waals surface area contributed by atoms with Gasteiger partial charge in [-0.15, -0.1) is 0 Å². The van der Waals surface area contributed by atoms with Crippen molar-refractivity contribution in [3.63, 3.8) is 0 Å². The van der Waals surface area contributed by atoms with Crippen LogP contribution in [-0.2, 0) is 9.53 Å². The molecule has 154 valence electrons. The SMILES string of the molecule is CC(COC[C@H](N)c1ccccc1)[C@@H](Oc1ccc(C(=O)C2CC2)cc1)C(=O)O. The Balaban J connectivity index is 1.52. The lowest BCUT2D eigenvalue weighted by Gasteiger charge is -2.22. The number of Topliss-reactive ketones (excluding diaryl/α,β-unsaturated/α-hetero) is 1. The Hall–Kier alpha value is -2.70. The second-order valence-corrected chi connectivity index (χ2v) is 7.57. The lowest BCUT2D eigenvalue weighted by Crippen LogP contribution is -2.36. The molecule has 1 saturated carbocycles. The van der Waals surface area contributed by atoms with E-state index in [1.165, 1.54) is 0 Å². The lowest BCUT2D eigenvalue weighted by atomic mass is 10.1. The van der Waals surface area contributed by atoms with E-state index >= 15 is 0 Å². The Bertz CT molecular complexity index is 817. The quantitative estimate of drug-likeness (QED) is 0.564. The van der Waals surface area contributed by atoms with Crippen molar-refractivity contribution in [1.29, 1.82) is 0 Å². The third kappa shape index (κ3) is 5.89. The molecular weight excluding hydrogens is 370 g/mol. The Kier molecular flexibility index (Phi) is 7.01. The molecule has 0 aliphatic heterocycles. The zero-order valence-electron chi connectivity index (χ0n) is 16.5. The van der Waals surface area contributed by atoms with Crippen LogP contribution < -0.4 is 10.5 Å². The van der Waals surface area contributed by atoms with E-state index in [1.807, 2.05) is 30.3 Å². The summed E-state index contributed by atoms with van der Waals surface area (Å²) >= 11 is 0. The van der Waals surface area contributed by atoms with Crippen LogP contribution in [0.15, 0.2) is 54.6 Å². The number of carbonyl (C=O) groups is 2. The maximum Gasteiger partial charge on any atom is 0.345 e. The number of benzene rings is 2. The van der Waals surface area contributed by atoms with Gasteiger partial charge >= 0.3 is 5.97 Å². The second-order valence-electron chi connectivity index (χ2n) is 7.57. The summed E-state index contributed by atoms with van der Waals surface area (Å²) in [5.41, 5.74) is 7.71. The number of carboxylic acid groups (broad SMARTS) is 1. The minimum atomic E-state index is -1.06. The van der Waals surface area contributed by atoms with E-state index < -0.39 is 12.1 Å². The van der Waals surface area contributed by atoms with E-state index in [-0.39, 0.29) is 30.3 Å². The number of carbonyl (C=O) groups excluding carboxylic acids is 1. The number of nitrogens with two attached hydrogens (primary N) is 1. The number of hydrogen-bond acceptors (Lipinski definition) is 5. The van der Waals surface area contributed by atoms with Gasteiger partial charge in [-0.1, -0.05) is 37.3 Å². The van der Waals surface area contributed by atoms with Crippen molar-refractivity contribution in [2.75, 3.05) is 13.2 Å². The first-order valence-corrected chi connectivity index (χ1v) is 9.87. The summed E-state index contributed by atoms with van der Waals surface area (Å²) in [7, 11) is 0. The summed E-state index contributed by atoms with van der Waals surface area (Å²) in [5.74, 6) is -0.747. The maximum absolute atomic E-state index is 12.1. The predicted molar refractivity (Wildman–Crippen MR) is 109 cm³/mol. The summed E-state index contributed by atoms with van der Waals surface area (Å²) in [5, 5.41) is 9.56. The zero-order chi connectivity index (χ0) is 20.8. The summed E-state index contributed by atoms with van der Waals surface area (Å²) < 4.78 is 11.3. The van der Waals surface area contributed by atoms with E-state index in [4.69, 9.17) is 15.2 Å². The van der Waals surface area contributed by atoms with E-state index in [9.17, 15) is 14.7 Å². The maximum atomic E-state index is 12.1. The molecule has 3 N–H and O–H groups in total. The van der Waals surface area contributed by atoms with Crippen LogP contribution in [0.4, 0.5) is 0 Å². The van der Waals surface area contributed by atoms with Crippen molar-refractivity contribution < 1.29 is 24.2 Å². The van der Waals surface area contributed by atoms with Crippen molar-refractivity contribution in [2.24, 2.45) is 17.6 Å². The number of ketones is 1. The van der Waals surface area contributed by atoms with Crippen LogP contribution in [0, 0.1) is 11.8 Å². The van der Waals surface area contributed by atoms with Crippen LogP contribution in [0.2, 0.25) is 0 Å². The van der Waals surface area contributed by atoms with E-state index in [0.29, 0.717) is 17.9 Å². The molecule has 1 aliphatic carbocycles. The average molecular weight is 397 g/mol. The van der Waals surface area contributed by atoms with Gasteiger partial charge in [0.05, 0.1) is 19.3 Å². The van der Waals surface area contributed by atoms with E-state index in [0.717, 1.165) is 18.4 Å². The van der Waals surface area contributed by atoms with Crippen LogP contribution in [0.1, 0.15) is 41.7 Å². The van der Waals surface area contributed by atoms with E-state index in [1.54, 1.807) is 31.2 Å². The number of hydrogen-bond donors (Lipinski definition) is 2. The van der Waals surface area contributed by atoms with Crippen molar-refractivity contribution in [3.05, 3.63) is 65.7 Å². The first-order chi connectivity index (χ1) is 14.0. The fourth-order valence-electron chi connectivity index (χ4n) is 3.10. The van der Waals surface area contributed by atoms with Gasteiger partial charge < -0.3 is 20.3 Å². The molecule has 1 unspecified atom stereocenters. The van der Waals surface area contributed by atoms with Gasteiger partial charge in [-0.2, -0.15) is 0 Å². The molecule has 29 heavy (non-hydrogen) atoms. The fraction of sp³-hybridized carbons (Fsp3) is 0.391. The molecule has 0 saturated heterocycles. The van der Waals surface area contributed by atoms with Gasteiger partial charge in [0.1, 0.15) is 5.75 Å². The molecule has 3 rings (SSSR count). The monoisotopic (exact) mass is 397 g/mol. The third-order valence-electron chi connectivity index (χ3n) is 5.02. The van der Waals surface area contributed by atoms with Gasteiger partial charge in [0, 0.05) is 17.4 Å². The van der Waals surface area contributed by atoms with Crippen LogP contribution in [-0.4, -0.2) is 36.2 Å². The third-order valence-corrected chi connectivity index (χ3v) is 5.02. The lowest BCUT2D eigenvalue weighted by molar-refractivity contribution is -0.148. The molecule has 0 bridgehead atoms. The van der Waals surface area contributed by atoms with Crippen molar-refractivity contribution in [1.82, 2.24) is 0 Å². The molecule has 3 atom stereocenters. The Labute approximate surface area is 170 Å². The molecule has 0 radical (unpaired) electrons. The van der Waals surface area contributed by atoms with Gasteiger partial charge in [0.25, 0.3) is 0 Å². The normalized spacial score (nSPS) is 16.6. The number of aliphatic carboxylic acids is 1. The van der Waals surface area contributed by atoms with Crippen molar-refractivity contribution >= 4 is 11.8 Å². The molecule has 1 fully saturated rings. The van der Waals surface area contributed by atoms with Gasteiger partial charge in [0.15, 0.2) is 11.9 Å². The number of carboxylic acids is 1. The highest BCUT2D eigenvalue weighted by Gasteiger charge is 2.31. The molecule has 0 heterocycles. The first-order valence-electron chi connectivity index (χ1n) is 9.87. The van der Waals surface area contributed by atoms with Gasteiger partial charge in [-0.25, -0.2) is 4.79 Å². The zero-order valence-corrected chi connectivity index (χ0v) is 16.5. The standard InChI is InChI=1S/C23H27NO5/c1-15(13-28-14-20(24)16-5-3-2-4-6-16)22(23(26)27)29-19-11-9-18(10-12-19)21(25)17-7-8-17/h2-6,9-12,15,17,20,22H,7-8,13-14,24H2,1H3,(H,26,27)/t15?,20-,22+/m0/s1. The topological polar surface area (TPSA) is 98.9 Å². The van der Waals surface area contributed by atoms with Gasteiger partial charge in [0.2, 0.25) is 0 Å². The van der Waals surface area contributed by atoms with Crippen molar-refractivity contribution in [2.45, 2.75) is 31.9 Å².